The fourth-order valence-electron chi connectivity index (χ4n) is 1.58. The molecule has 114 valence electrons. The zero-order valence-electron chi connectivity index (χ0n) is 11.7. The maximum Gasteiger partial charge on any atom is 0.334 e. The molecule has 0 bridgehead atoms. The van der Waals surface area contributed by atoms with E-state index in [1.807, 2.05) is 0 Å². The molecule has 0 saturated carbocycles. The lowest BCUT2D eigenvalue weighted by molar-refractivity contribution is -0.146. The van der Waals surface area contributed by atoms with Crippen LogP contribution in [0.5, 0.6) is 0 Å². The van der Waals surface area contributed by atoms with Crippen molar-refractivity contribution in [2.24, 2.45) is 0 Å². The van der Waals surface area contributed by atoms with E-state index < -0.39 is 5.97 Å². The van der Waals surface area contributed by atoms with Crippen molar-refractivity contribution < 1.29 is 19.1 Å². The molecule has 21 heavy (non-hydrogen) atoms. The Kier molecular flexibility index (Phi) is 5.48. The second-order valence-corrected chi connectivity index (χ2v) is 4.85. The number of hydrogen-bond donors (Lipinski definition) is 0. The first-order chi connectivity index (χ1) is 10.2. The van der Waals surface area contributed by atoms with Gasteiger partial charge in [0.2, 0.25) is 0 Å². The highest BCUT2D eigenvalue weighted by Crippen LogP contribution is 2.19. The van der Waals surface area contributed by atoms with E-state index in [1.54, 1.807) is 30.1 Å². The number of methoxy groups -OCH3 is 2. The topological polar surface area (TPSA) is 78.2 Å². The fourth-order valence-corrected chi connectivity index (χ4v) is 1.94. The number of anilines is 1. The summed E-state index contributed by atoms with van der Waals surface area (Å²) < 4.78 is 12.0. The molecular weight excluding hydrogens is 344 g/mol. The number of halogens is 1. The van der Waals surface area contributed by atoms with Crippen LogP contribution in [0.1, 0.15) is 0 Å². The van der Waals surface area contributed by atoms with E-state index in [-0.39, 0.29) is 6.61 Å². The Labute approximate surface area is 129 Å². The van der Waals surface area contributed by atoms with Gasteiger partial charge in [-0.15, -0.1) is 0 Å². The van der Waals surface area contributed by atoms with E-state index in [9.17, 15) is 4.79 Å². The van der Waals surface area contributed by atoms with Gasteiger partial charge in [-0.1, -0.05) is 0 Å². The van der Waals surface area contributed by atoms with Gasteiger partial charge in [-0.2, -0.15) is 5.10 Å². The second kappa shape index (κ2) is 7.34. The summed E-state index contributed by atoms with van der Waals surface area (Å²) in [6, 6.07) is 1.74. The van der Waals surface area contributed by atoms with Gasteiger partial charge in [0.15, 0.2) is 18.1 Å². The quantitative estimate of drug-likeness (QED) is 0.540. The van der Waals surface area contributed by atoms with Crippen LogP contribution in [0.25, 0.3) is 5.65 Å². The van der Waals surface area contributed by atoms with Crippen molar-refractivity contribution in [1.82, 2.24) is 14.6 Å². The highest BCUT2D eigenvalue weighted by molar-refractivity contribution is 9.10. The third-order valence-corrected chi connectivity index (χ3v) is 3.19. The number of aromatic nitrogens is 3. The van der Waals surface area contributed by atoms with Gasteiger partial charge in [0.25, 0.3) is 0 Å². The Hall–Kier alpha value is -1.71. The molecule has 2 rings (SSSR count). The molecule has 0 aromatic carbocycles. The Morgan fingerprint density at radius 1 is 1.48 bits per heavy atom. The minimum absolute atomic E-state index is 0.201. The maximum absolute atomic E-state index is 11.2. The number of carbonyl (C=O) groups is 1. The van der Waals surface area contributed by atoms with Crippen LogP contribution in [0.3, 0.4) is 0 Å². The summed E-state index contributed by atoms with van der Waals surface area (Å²) in [5.41, 5.74) is 0.650. The van der Waals surface area contributed by atoms with Crippen LogP contribution in [0, 0.1) is 0 Å². The Morgan fingerprint density at radius 2 is 2.29 bits per heavy atom. The third kappa shape index (κ3) is 3.90. The van der Waals surface area contributed by atoms with Gasteiger partial charge in [0, 0.05) is 19.4 Å². The van der Waals surface area contributed by atoms with Crippen molar-refractivity contribution in [3.63, 3.8) is 0 Å². The molecule has 0 radical (unpaired) electrons. The van der Waals surface area contributed by atoms with Crippen molar-refractivity contribution in [3.05, 3.63) is 22.9 Å². The monoisotopic (exact) mass is 358 g/mol. The van der Waals surface area contributed by atoms with E-state index >= 15 is 0 Å². The van der Waals surface area contributed by atoms with Crippen LogP contribution in [0.15, 0.2) is 22.9 Å². The normalized spacial score (nSPS) is 10.8. The van der Waals surface area contributed by atoms with Gasteiger partial charge in [-0.05, 0) is 15.9 Å². The van der Waals surface area contributed by atoms with E-state index in [0.29, 0.717) is 24.6 Å². The molecule has 0 aliphatic rings. The Bertz CT molecular complexity index is 618. The number of nitrogens with zero attached hydrogens (tertiary/aromatic N) is 4. The van der Waals surface area contributed by atoms with Gasteiger partial charge >= 0.3 is 5.97 Å². The smallest absolute Gasteiger partial charge is 0.334 e. The zero-order chi connectivity index (χ0) is 15.2. The molecular formula is C12H15BrN4O4. The SMILES string of the molecule is COCCN(OCC(=O)OC)c1ccn2ncc(Br)c2n1. The van der Waals surface area contributed by atoms with Crippen LogP contribution < -0.4 is 5.06 Å². The highest BCUT2D eigenvalue weighted by Gasteiger charge is 2.13. The summed E-state index contributed by atoms with van der Waals surface area (Å²) in [6.07, 6.45) is 3.41. The van der Waals surface area contributed by atoms with Crippen molar-refractivity contribution in [1.29, 1.82) is 0 Å². The van der Waals surface area contributed by atoms with Gasteiger partial charge in [-0.3, -0.25) is 4.84 Å². The van der Waals surface area contributed by atoms with Crippen molar-refractivity contribution in [3.8, 4) is 0 Å². The molecule has 0 spiro atoms. The lowest BCUT2D eigenvalue weighted by atomic mass is 10.5. The van der Waals surface area contributed by atoms with Gasteiger partial charge < -0.3 is 9.47 Å². The molecule has 0 fully saturated rings. The molecule has 2 aromatic heterocycles. The minimum atomic E-state index is -0.468. The first-order valence-electron chi connectivity index (χ1n) is 6.11. The van der Waals surface area contributed by atoms with Crippen molar-refractivity contribution in [2.45, 2.75) is 0 Å². The number of esters is 1. The summed E-state index contributed by atoms with van der Waals surface area (Å²) >= 11 is 3.37. The lowest BCUT2D eigenvalue weighted by Crippen LogP contribution is -2.31. The van der Waals surface area contributed by atoms with Crippen LogP contribution >= 0.6 is 15.9 Å². The van der Waals surface area contributed by atoms with Crippen LogP contribution in [0.2, 0.25) is 0 Å². The zero-order valence-corrected chi connectivity index (χ0v) is 13.2. The number of carbonyl (C=O) groups excluding carboxylic acids is 1. The summed E-state index contributed by atoms with van der Waals surface area (Å²) in [6.45, 7) is 0.643. The summed E-state index contributed by atoms with van der Waals surface area (Å²) in [5, 5.41) is 5.60. The van der Waals surface area contributed by atoms with E-state index in [1.165, 1.54) is 12.2 Å². The maximum atomic E-state index is 11.2. The van der Waals surface area contributed by atoms with E-state index in [0.717, 1.165) is 4.47 Å². The van der Waals surface area contributed by atoms with Crippen molar-refractivity contribution in [2.75, 3.05) is 39.0 Å². The molecule has 0 atom stereocenters. The van der Waals surface area contributed by atoms with Crippen LogP contribution in [-0.2, 0) is 19.1 Å². The number of hydrogen-bond acceptors (Lipinski definition) is 7. The molecule has 0 aliphatic heterocycles. The van der Waals surface area contributed by atoms with E-state index in [4.69, 9.17) is 9.57 Å². The molecule has 2 heterocycles. The Morgan fingerprint density at radius 3 is 3.00 bits per heavy atom. The molecule has 8 nitrogen and oxygen atoms in total. The standard InChI is InChI=1S/C12H15BrN4O4/c1-19-6-5-17(21-8-11(18)20-2)10-3-4-16-12(15-10)9(13)7-14-16/h3-4,7H,5-6,8H2,1-2H3. The third-order valence-electron chi connectivity index (χ3n) is 2.63. The fraction of sp³-hybridized carbons (Fsp3) is 0.417. The predicted octanol–water partition coefficient (Wildman–Crippen LogP) is 1.05. The highest BCUT2D eigenvalue weighted by atomic mass is 79.9. The molecule has 0 aliphatic carbocycles. The molecule has 0 unspecified atom stereocenters. The number of fused-ring (bicyclic) bond motifs is 1. The van der Waals surface area contributed by atoms with Gasteiger partial charge in [0.1, 0.15) is 0 Å². The molecule has 0 amide bonds. The summed E-state index contributed by atoms with van der Waals surface area (Å²) in [4.78, 5) is 21.1. The van der Waals surface area contributed by atoms with Crippen LogP contribution in [-0.4, -0.2) is 54.5 Å². The average molecular weight is 359 g/mol. The summed E-state index contributed by atoms with van der Waals surface area (Å²) in [7, 11) is 2.89. The predicted molar refractivity (Wildman–Crippen MR) is 77.9 cm³/mol. The Balaban J connectivity index is 2.19. The first-order valence-corrected chi connectivity index (χ1v) is 6.91. The molecule has 9 heteroatoms. The van der Waals surface area contributed by atoms with Gasteiger partial charge in [0.05, 0.1) is 30.9 Å². The number of ether oxygens (including phenoxy) is 2. The molecule has 0 N–H and O–H groups in total. The molecule has 0 saturated heterocycles. The molecule has 2 aromatic rings. The summed E-state index contributed by atoms with van der Waals surface area (Å²) in [5.74, 6) is 0.0775. The lowest BCUT2D eigenvalue weighted by Gasteiger charge is -2.21. The number of hydroxylamine groups is 1. The van der Waals surface area contributed by atoms with E-state index in [2.05, 4.69) is 30.7 Å². The first kappa shape index (κ1) is 15.7. The minimum Gasteiger partial charge on any atom is -0.467 e. The largest absolute Gasteiger partial charge is 0.467 e. The van der Waals surface area contributed by atoms with Crippen molar-refractivity contribution >= 4 is 33.4 Å². The average Bonchev–Trinajstić information content (AvgIpc) is 2.88. The van der Waals surface area contributed by atoms with Crippen LogP contribution in [0.4, 0.5) is 5.82 Å². The number of rotatable bonds is 7. The second-order valence-electron chi connectivity index (χ2n) is 3.99. The van der Waals surface area contributed by atoms with Gasteiger partial charge in [-0.25, -0.2) is 19.4 Å².